The van der Waals surface area contributed by atoms with Gasteiger partial charge >= 0.3 is 0 Å². The summed E-state index contributed by atoms with van der Waals surface area (Å²) >= 11 is 2.64. The topological polar surface area (TPSA) is 102 Å². The van der Waals surface area contributed by atoms with Crippen molar-refractivity contribution >= 4 is 44.3 Å². The van der Waals surface area contributed by atoms with Crippen LogP contribution in [0.15, 0.2) is 40.1 Å². The number of carbonyl (C=O) groups excluding carboxylic acids is 2. The Kier molecular flexibility index (Phi) is 6.29. The fraction of sp³-hybridized carbons (Fsp3) is 0.269. The van der Waals surface area contributed by atoms with Gasteiger partial charge in [0.15, 0.2) is 0 Å². The summed E-state index contributed by atoms with van der Waals surface area (Å²) in [6.45, 7) is 6.03. The molecule has 4 aromatic rings. The van der Waals surface area contributed by atoms with Gasteiger partial charge in [0.2, 0.25) is 11.8 Å². The molecule has 7 nitrogen and oxygen atoms in total. The minimum atomic E-state index is -0.398. The van der Waals surface area contributed by atoms with E-state index in [-0.39, 0.29) is 16.9 Å². The van der Waals surface area contributed by atoms with E-state index in [2.05, 4.69) is 10.3 Å². The van der Waals surface area contributed by atoms with Crippen molar-refractivity contribution in [3.8, 4) is 23.0 Å². The number of rotatable bonds is 7. The van der Waals surface area contributed by atoms with E-state index in [1.807, 2.05) is 56.5 Å². The van der Waals surface area contributed by atoms with Crippen molar-refractivity contribution in [2.24, 2.45) is 0 Å². The Morgan fingerprint density at radius 3 is 2.63 bits per heavy atom. The molecule has 35 heavy (non-hydrogen) atoms. The van der Waals surface area contributed by atoms with Gasteiger partial charge in [-0.3, -0.25) is 14.9 Å². The number of ether oxygens (including phenoxy) is 1. The molecule has 3 heterocycles. The number of benzene rings is 2. The molecule has 5 rings (SSSR count). The zero-order valence-corrected chi connectivity index (χ0v) is 21.1. The summed E-state index contributed by atoms with van der Waals surface area (Å²) in [4.78, 5) is 28.1. The van der Waals surface area contributed by atoms with E-state index < -0.39 is 5.25 Å². The molecule has 1 saturated heterocycles. The molecule has 0 radical (unpaired) electrons. The predicted octanol–water partition coefficient (Wildman–Crippen LogP) is 5.70. The van der Waals surface area contributed by atoms with Gasteiger partial charge in [-0.25, -0.2) is 4.98 Å². The second-order valence-corrected chi connectivity index (χ2v) is 10.6. The minimum Gasteiger partial charge on any atom is -0.507 e. The zero-order valence-electron chi connectivity index (χ0n) is 19.5. The Hall–Kier alpha value is -3.30. The summed E-state index contributed by atoms with van der Waals surface area (Å²) in [5, 5.41) is 14.7. The minimum absolute atomic E-state index is 0.231. The molecule has 2 amide bonds. The molecule has 1 fully saturated rings. The number of thioether (sulfide) groups is 1. The van der Waals surface area contributed by atoms with Gasteiger partial charge in [-0.2, -0.15) is 0 Å². The van der Waals surface area contributed by atoms with Crippen molar-refractivity contribution in [1.82, 2.24) is 10.3 Å². The molecular weight excluding hydrogens is 484 g/mol. The number of amides is 2. The van der Waals surface area contributed by atoms with Crippen LogP contribution in [0.3, 0.4) is 0 Å². The van der Waals surface area contributed by atoms with Gasteiger partial charge in [0.05, 0.1) is 17.6 Å². The number of phenols is 1. The zero-order chi connectivity index (χ0) is 24.7. The maximum absolute atomic E-state index is 12.0. The van der Waals surface area contributed by atoms with Crippen molar-refractivity contribution < 1.29 is 23.8 Å². The number of hydrogen-bond donors (Lipinski definition) is 2. The third kappa shape index (κ3) is 4.66. The first-order valence-electron chi connectivity index (χ1n) is 11.2. The summed E-state index contributed by atoms with van der Waals surface area (Å²) in [7, 11) is 0. The molecule has 180 valence electrons. The van der Waals surface area contributed by atoms with E-state index >= 15 is 0 Å². The standard InChI is InChI=1S/C26H24N2O5S2/c1-13-10-17(11-14(2)22(13)29)25-27-19(15(3)33-25)6-8-32-20-5-4-16(23-18(20)7-9-34-23)12-21-24(30)28-26(31)35-21/h4-5,7,9-11,21,29H,6,8,12H2,1-3H3,(H,28,30,31). The highest BCUT2D eigenvalue weighted by molar-refractivity contribution is 8.15. The molecule has 0 saturated carbocycles. The van der Waals surface area contributed by atoms with Gasteiger partial charge < -0.3 is 14.3 Å². The Morgan fingerprint density at radius 2 is 1.91 bits per heavy atom. The van der Waals surface area contributed by atoms with Crippen LogP contribution in [-0.4, -0.2) is 33.1 Å². The van der Waals surface area contributed by atoms with Gasteiger partial charge in [-0.15, -0.1) is 11.3 Å². The van der Waals surface area contributed by atoms with Crippen molar-refractivity contribution in [2.75, 3.05) is 6.61 Å². The molecule has 2 aromatic heterocycles. The lowest BCUT2D eigenvalue weighted by Gasteiger charge is -2.11. The molecule has 9 heteroatoms. The maximum Gasteiger partial charge on any atom is 0.286 e. The number of thiophene rings is 1. The summed E-state index contributed by atoms with van der Waals surface area (Å²) in [6, 6.07) is 9.64. The quantitative estimate of drug-likeness (QED) is 0.330. The van der Waals surface area contributed by atoms with Crippen LogP contribution in [0, 0.1) is 20.8 Å². The van der Waals surface area contributed by atoms with Crippen LogP contribution in [0.2, 0.25) is 0 Å². The highest BCUT2D eigenvalue weighted by atomic mass is 32.2. The van der Waals surface area contributed by atoms with Gasteiger partial charge in [-0.1, -0.05) is 17.8 Å². The summed E-state index contributed by atoms with van der Waals surface area (Å²) < 4.78 is 13.1. The molecule has 0 aliphatic carbocycles. The first-order valence-corrected chi connectivity index (χ1v) is 13.0. The van der Waals surface area contributed by atoms with Crippen LogP contribution in [0.5, 0.6) is 11.5 Å². The number of nitrogens with one attached hydrogen (secondary N) is 1. The summed E-state index contributed by atoms with van der Waals surface area (Å²) in [6.07, 6.45) is 1.08. The highest BCUT2D eigenvalue weighted by Crippen LogP contribution is 2.36. The Bertz CT molecular complexity index is 1430. The number of aryl methyl sites for hydroxylation is 3. The molecule has 1 aliphatic rings. The second kappa shape index (κ2) is 9.39. The number of carbonyl (C=O) groups is 2. The predicted molar refractivity (Wildman–Crippen MR) is 137 cm³/mol. The molecule has 2 aromatic carbocycles. The van der Waals surface area contributed by atoms with Crippen molar-refractivity contribution in [3.63, 3.8) is 0 Å². The summed E-state index contributed by atoms with van der Waals surface area (Å²) in [5.74, 6) is 2.10. The average Bonchev–Trinajstić information content (AvgIpc) is 3.52. The number of nitrogens with zero attached hydrogens (tertiary/aromatic N) is 1. The van der Waals surface area contributed by atoms with Crippen molar-refractivity contribution in [3.05, 3.63) is 63.9 Å². The molecule has 1 atom stereocenters. The number of fused-ring (bicyclic) bond motifs is 1. The van der Waals surface area contributed by atoms with Crippen LogP contribution in [0.1, 0.15) is 28.1 Å². The largest absolute Gasteiger partial charge is 0.507 e. The Labute approximate surface area is 210 Å². The third-order valence-electron chi connectivity index (χ3n) is 6.06. The third-order valence-corrected chi connectivity index (χ3v) is 8.03. The molecule has 0 bridgehead atoms. The summed E-state index contributed by atoms with van der Waals surface area (Å²) in [5.41, 5.74) is 4.25. The number of aromatic hydroxyl groups is 1. The van der Waals surface area contributed by atoms with Crippen LogP contribution in [-0.2, 0) is 17.6 Å². The smallest absolute Gasteiger partial charge is 0.286 e. The molecule has 0 spiro atoms. The fourth-order valence-corrected chi connectivity index (χ4v) is 6.01. The van der Waals surface area contributed by atoms with Crippen molar-refractivity contribution in [2.45, 2.75) is 38.9 Å². The lowest BCUT2D eigenvalue weighted by Crippen LogP contribution is -2.25. The lowest BCUT2D eigenvalue weighted by molar-refractivity contribution is -0.118. The first-order chi connectivity index (χ1) is 16.8. The van der Waals surface area contributed by atoms with Gasteiger partial charge in [0.1, 0.15) is 17.3 Å². The second-order valence-electron chi connectivity index (χ2n) is 8.55. The van der Waals surface area contributed by atoms with Crippen LogP contribution in [0.25, 0.3) is 21.5 Å². The van der Waals surface area contributed by atoms with Crippen LogP contribution in [0.4, 0.5) is 4.79 Å². The highest BCUT2D eigenvalue weighted by Gasteiger charge is 2.32. The van der Waals surface area contributed by atoms with E-state index in [4.69, 9.17) is 9.15 Å². The molecule has 1 unspecified atom stereocenters. The van der Waals surface area contributed by atoms with E-state index in [1.54, 1.807) is 11.3 Å². The molecule has 1 aliphatic heterocycles. The normalized spacial score (nSPS) is 15.7. The van der Waals surface area contributed by atoms with Crippen LogP contribution >= 0.6 is 23.1 Å². The lowest BCUT2D eigenvalue weighted by atomic mass is 10.1. The number of oxazole rings is 1. The first kappa shape index (κ1) is 23.4. The van der Waals surface area contributed by atoms with E-state index in [1.165, 1.54) is 0 Å². The number of hydrogen-bond acceptors (Lipinski definition) is 8. The number of imide groups is 1. The fourth-order valence-electron chi connectivity index (χ4n) is 4.23. The molecule has 2 N–H and O–H groups in total. The van der Waals surface area contributed by atoms with Gasteiger partial charge in [0.25, 0.3) is 5.24 Å². The Morgan fingerprint density at radius 1 is 1.14 bits per heavy atom. The SMILES string of the molecule is Cc1cc(-c2nc(CCOc3ccc(CC4SC(=O)NC4=O)c4sccc34)c(C)o2)cc(C)c1O. The van der Waals surface area contributed by atoms with Gasteiger partial charge in [-0.05, 0) is 73.5 Å². The Balaban J connectivity index is 1.28. The van der Waals surface area contributed by atoms with E-state index in [9.17, 15) is 14.7 Å². The maximum atomic E-state index is 12.0. The number of aromatic nitrogens is 1. The van der Waals surface area contributed by atoms with E-state index in [0.717, 1.165) is 61.3 Å². The monoisotopic (exact) mass is 508 g/mol. The van der Waals surface area contributed by atoms with Gasteiger partial charge in [0, 0.05) is 22.1 Å². The van der Waals surface area contributed by atoms with Crippen LogP contribution < -0.4 is 10.1 Å². The average molecular weight is 509 g/mol. The van der Waals surface area contributed by atoms with E-state index in [0.29, 0.717) is 25.3 Å². The number of phenolic OH excluding ortho intramolecular Hbond substituents is 1. The van der Waals surface area contributed by atoms with Crippen molar-refractivity contribution in [1.29, 1.82) is 0 Å². The molecular formula is C26H24N2O5S2.